The fourth-order valence-corrected chi connectivity index (χ4v) is 2.20. The van der Waals surface area contributed by atoms with Gasteiger partial charge in [-0.05, 0) is 32.0 Å². The maximum atomic E-state index is 13.6. The van der Waals surface area contributed by atoms with Crippen LogP contribution in [0, 0.1) is 18.6 Å². The van der Waals surface area contributed by atoms with E-state index in [0.29, 0.717) is 5.56 Å². The van der Waals surface area contributed by atoms with Gasteiger partial charge in [0.1, 0.15) is 11.6 Å². The summed E-state index contributed by atoms with van der Waals surface area (Å²) >= 11 is 0. The van der Waals surface area contributed by atoms with E-state index in [9.17, 15) is 18.4 Å². The molecule has 24 heavy (non-hydrogen) atoms. The fourth-order valence-electron chi connectivity index (χ4n) is 2.20. The predicted molar refractivity (Wildman–Crippen MR) is 84.4 cm³/mol. The van der Waals surface area contributed by atoms with Crippen LogP contribution in [0.3, 0.4) is 0 Å². The normalized spacial score (nSPS) is 11.7. The Morgan fingerprint density at radius 2 is 1.92 bits per heavy atom. The number of ether oxygens (including phenoxy) is 1. The number of benzene rings is 2. The highest BCUT2D eigenvalue weighted by atomic mass is 19.1. The quantitative estimate of drug-likeness (QED) is 0.854. The molecule has 126 valence electrons. The summed E-state index contributed by atoms with van der Waals surface area (Å²) in [6, 6.07) is 9.22. The minimum absolute atomic E-state index is 0.148. The number of esters is 1. The largest absolute Gasteiger partial charge is 0.452 e. The van der Waals surface area contributed by atoms with E-state index in [0.717, 1.165) is 17.7 Å². The summed E-state index contributed by atoms with van der Waals surface area (Å²) in [7, 11) is 0. The van der Waals surface area contributed by atoms with Crippen molar-refractivity contribution < 1.29 is 23.1 Å². The smallest absolute Gasteiger partial charge is 0.338 e. The van der Waals surface area contributed by atoms with Crippen LogP contribution in [-0.2, 0) is 9.53 Å². The molecule has 2 rings (SSSR count). The Kier molecular flexibility index (Phi) is 5.63. The zero-order valence-electron chi connectivity index (χ0n) is 13.3. The lowest BCUT2D eigenvalue weighted by atomic mass is 10.1. The highest BCUT2D eigenvalue weighted by molar-refractivity contribution is 5.91. The highest BCUT2D eigenvalue weighted by Crippen LogP contribution is 2.17. The number of halogens is 2. The van der Waals surface area contributed by atoms with Crippen LogP contribution in [0.2, 0.25) is 0 Å². The van der Waals surface area contributed by atoms with Crippen LogP contribution in [0.15, 0.2) is 42.5 Å². The summed E-state index contributed by atoms with van der Waals surface area (Å²) < 4.78 is 31.5. The average Bonchev–Trinajstić information content (AvgIpc) is 2.52. The van der Waals surface area contributed by atoms with Gasteiger partial charge >= 0.3 is 5.97 Å². The van der Waals surface area contributed by atoms with Gasteiger partial charge in [0.05, 0.1) is 11.6 Å². The third kappa shape index (κ3) is 4.62. The third-order valence-electron chi connectivity index (χ3n) is 3.39. The fraction of sp³-hybridized carbons (Fsp3) is 0.222. The summed E-state index contributed by atoms with van der Waals surface area (Å²) in [6.07, 6.45) is 0. The standard InChI is InChI=1S/C18H17F2NO3/c1-11-4-3-5-13(8-11)18(23)24-10-17(22)21-12(2)15-7-6-14(19)9-16(15)20/h3-9,12H,10H2,1-2H3,(H,21,22)/t12-/m1/s1. The number of hydrogen-bond donors (Lipinski definition) is 1. The Hall–Kier alpha value is -2.76. The van der Waals surface area contributed by atoms with Gasteiger partial charge in [0.2, 0.25) is 0 Å². The molecule has 0 aliphatic heterocycles. The molecule has 1 N–H and O–H groups in total. The number of carbonyl (C=O) groups excluding carboxylic acids is 2. The van der Waals surface area contributed by atoms with Gasteiger partial charge in [-0.1, -0.05) is 23.8 Å². The summed E-state index contributed by atoms with van der Waals surface area (Å²) in [5, 5.41) is 2.50. The lowest BCUT2D eigenvalue weighted by Crippen LogP contribution is -2.31. The third-order valence-corrected chi connectivity index (χ3v) is 3.39. The Morgan fingerprint density at radius 1 is 1.17 bits per heavy atom. The van der Waals surface area contributed by atoms with Crippen LogP contribution >= 0.6 is 0 Å². The molecule has 2 aromatic rings. The second kappa shape index (κ2) is 7.68. The van der Waals surface area contributed by atoms with Gasteiger partial charge in [-0.2, -0.15) is 0 Å². The number of carbonyl (C=O) groups is 2. The molecule has 1 amide bonds. The van der Waals surface area contributed by atoms with Crippen LogP contribution in [0.5, 0.6) is 0 Å². The van der Waals surface area contributed by atoms with E-state index in [2.05, 4.69) is 5.32 Å². The molecule has 2 aromatic carbocycles. The van der Waals surface area contributed by atoms with E-state index < -0.39 is 36.2 Å². The SMILES string of the molecule is Cc1cccc(C(=O)OCC(=O)N[C@H](C)c2ccc(F)cc2F)c1. The van der Waals surface area contributed by atoms with E-state index >= 15 is 0 Å². The van der Waals surface area contributed by atoms with Gasteiger partial charge in [0.15, 0.2) is 6.61 Å². The molecule has 0 saturated heterocycles. The first-order valence-corrected chi connectivity index (χ1v) is 7.35. The van der Waals surface area contributed by atoms with Gasteiger partial charge in [-0.15, -0.1) is 0 Å². The molecular weight excluding hydrogens is 316 g/mol. The van der Waals surface area contributed by atoms with E-state index in [1.165, 1.54) is 6.07 Å². The van der Waals surface area contributed by atoms with Crippen LogP contribution in [0.25, 0.3) is 0 Å². The molecular formula is C18H17F2NO3. The lowest BCUT2D eigenvalue weighted by Gasteiger charge is -2.15. The Balaban J connectivity index is 1.90. The number of aryl methyl sites for hydroxylation is 1. The van der Waals surface area contributed by atoms with Crippen LogP contribution in [0.4, 0.5) is 8.78 Å². The first kappa shape index (κ1) is 17.6. The van der Waals surface area contributed by atoms with Crippen molar-refractivity contribution >= 4 is 11.9 Å². The number of hydrogen-bond acceptors (Lipinski definition) is 3. The van der Waals surface area contributed by atoms with Crippen LogP contribution in [0.1, 0.15) is 34.5 Å². The van der Waals surface area contributed by atoms with Crippen LogP contribution in [-0.4, -0.2) is 18.5 Å². The minimum atomic E-state index is -0.750. The molecule has 0 aliphatic rings. The van der Waals surface area contributed by atoms with E-state index in [1.54, 1.807) is 25.1 Å². The molecule has 6 heteroatoms. The first-order valence-electron chi connectivity index (χ1n) is 7.35. The zero-order valence-corrected chi connectivity index (χ0v) is 13.3. The Labute approximate surface area is 138 Å². The topological polar surface area (TPSA) is 55.4 Å². The Morgan fingerprint density at radius 3 is 2.58 bits per heavy atom. The molecule has 0 aromatic heterocycles. The maximum Gasteiger partial charge on any atom is 0.338 e. The molecule has 0 radical (unpaired) electrons. The van der Waals surface area contributed by atoms with Gasteiger partial charge in [-0.25, -0.2) is 13.6 Å². The van der Waals surface area contributed by atoms with Crippen LogP contribution < -0.4 is 5.32 Å². The van der Waals surface area contributed by atoms with E-state index in [1.807, 2.05) is 13.0 Å². The molecule has 0 saturated carbocycles. The molecule has 1 atom stereocenters. The summed E-state index contributed by atoms with van der Waals surface area (Å²) in [5.74, 6) is -2.64. The molecule has 0 unspecified atom stereocenters. The van der Waals surface area contributed by atoms with Crippen molar-refractivity contribution in [1.29, 1.82) is 0 Å². The second-order valence-electron chi connectivity index (χ2n) is 5.40. The van der Waals surface area contributed by atoms with Crippen molar-refractivity contribution in [3.05, 3.63) is 70.8 Å². The van der Waals surface area contributed by atoms with Crippen molar-refractivity contribution in [2.75, 3.05) is 6.61 Å². The van der Waals surface area contributed by atoms with Gasteiger partial charge in [0, 0.05) is 11.6 Å². The van der Waals surface area contributed by atoms with Crippen molar-refractivity contribution in [2.24, 2.45) is 0 Å². The average molecular weight is 333 g/mol. The predicted octanol–water partition coefficient (Wildman–Crippen LogP) is 3.31. The van der Waals surface area contributed by atoms with Gasteiger partial charge in [0.25, 0.3) is 5.91 Å². The number of rotatable bonds is 5. The molecule has 0 fully saturated rings. The monoisotopic (exact) mass is 333 g/mol. The lowest BCUT2D eigenvalue weighted by molar-refractivity contribution is -0.124. The summed E-state index contributed by atoms with van der Waals surface area (Å²) in [4.78, 5) is 23.7. The number of nitrogens with one attached hydrogen (secondary N) is 1. The van der Waals surface area contributed by atoms with Gasteiger partial charge < -0.3 is 10.1 Å². The second-order valence-corrected chi connectivity index (χ2v) is 5.40. The maximum absolute atomic E-state index is 13.6. The molecule has 0 spiro atoms. The number of amides is 1. The summed E-state index contributed by atoms with van der Waals surface area (Å²) in [5.41, 5.74) is 1.39. The summed E-state index contributed by atoms with van der Waals surface area (Å²) in [6.45, 7) is 2.90. The highest BCUT2D eigenvalue weighted by Gasteiger charge is 2.16. The van der Waals surface area contributed by atoms with Crippen molar-refractivity contribution in [3.63, 3.8) is 0 Å². The first-order chi connectivity index (χ1) is 11.4. The molecule has 0 bridgehead atoms. The van der Waals surface area contributed by atoms with E-state index in [-0.39, 0.29) is 5.56 Å². The Bertz CT molecular complexity index is 762. The molecule has 4 nitrogen and oxygen atoms in total. The van der Waals surface area contributed by atoms with Crippen molar-refractivity contribution in [1.82, 2.24) is 5.32 Å². The minimum Gasteiger partial charge on any atom is -0.452 e. The van der Waals surface area contributed by atoms with E-state index in [4.69, 9.17) is 4.74 Å². The zero-order chi connectivity index (χ0) is 17.7. The molecule has 0 heterocycles. The molecule has 0 aliphatic carbocycles. The van der Waals surface area contributed by atoms with Crippen molar-refractivity contribution in [2.45, 2.75) is 19.9 Å². The van der Waals surface area contributed by atoms with Crippen molar-refractivity contribution in [3.8, 4) is 0 Å². The van der Waals surface area contributed by atoms with Gasteiger partial charge in [-0.3, -0.25) is 4.79 Å².